The van der Waals surface area contributed by atoms with Crippen molar-refractivity contribution in [2.75, 3.05) is 0 Å². The Morgan fingerprint density at radius 1 is 1.43 bits per heavy atom. The molecule has 1 aromatic heterocycles. The van der Waals surface area contributed by atoms with Gasteiger partial charge in [-0.3, -0.25) is 9.59 Å². The van der Waals surface area contributed by atoms with Gasteiger partial charge in [0.15, 0.2) is 6.17 Å². The lowest BCUT2D eigenvalue weighted by atomic mass is 9.93. The standard InChI is InChI=1S/C15H16N4O3S/c20-11(21)6-5-9-14(22)17-13-12-8-3-1-2-4-10(8)23-15(12)16-7-19(13)18-9/h7,13H,1-6H2,(H,17,22)(H,20,21)/t13-/m1/s1. The summed E-state index contributed by atoms with van der Waals surface area (Å²) in [4.78, 5) is 28.8. The van der Waals surface area contributed by atoms with Gasteiger partial charge in [0.2, 0.25) is 0 Å². The van der Waals surface area contributed by atoms with E-state index in [1.54, 1.807) is 22.7 Å². The molecule has 1 aromatic rings. The van der Waals surface area contributed by atoms with Crippen LogP contribution < -0.4 is 5.32 Å². The predicted octanol–water partition coefficient (Wildman–Crippen LogP) is 1.95. The Labute approximate surface area is 136 Å². The van der Waals surface area contributed by atoms with E-state index in [-0.39, 0.29) is 30.6 Å². The van der Waals surface area contributed by atoms with E-state index in [0.29, 0.717) is 0 Å². The lowest BCUT2D eigenvalue weighted by molar-refractivity contribution is -0.136. The molecule has 1 aliphatic carbocycles. The maximum Gasteiger partial charge on any atom is 0.303 e. The van der Waals surface area contributed by atoms with E-state index in [0.717, 1.165) is 29.8 Å². The van der Waals surface area contributed by atoms with Crippen LogP contribution in [0, 0.1) is 0 Å². The van der Waals surface area contributed by atoms with Gasteiger partial charge in [-0.15, -0.1) is 11.3 Å². The van der Waals surface area contributed by atoms with Crippen LogP contribution in [-0.4, -0.2) is 34.0 Å². The Kier molecular flexibility index (Phi) is 3.41. The van der Waals surface area contributed by atoms with E-state index in [9.17, 15) is 9.59 Å². The summed E-state index contributed by atoms with van der Waals surface area (Å²) in [5.41, 5.74) is 2.62. The number of amides is 1. The van der Waals surface area contributed by atoms with Gasteiger partial charge in [0, 0.05) is 16.9 Å². The van der Waals surface area contributed by atoms with Crippen LogP contribution in [0.1, 0.15) is 47.9 Å². The van der Waals surface area contributed by atoms with Gasteiger partial charge < -0.3 is 10.4 Å². The summed E-state index contributed by atoms with van der Waals surface area (Å²) in [6.07, 6.45) is 5.77. The predicted molar refractivity (Wildman–Crippen MR) is 86.1 cm³/mol. The third kappa shape index (κ3) is 2.42. The number of hydrogen-bond acceptors (Lipinski definition) is 6. The third-order valence-corrected chi connectivity index (χ3v) is 5.58. The van der Waals surface area contributed by atoms with Gasteiger partial charge in [0.05, 0.1) is 6.42 Å². The number of hydrogen-bond donors (Lipinski definition) is 2. The molecule has 8 heteroatoms. The molecule has 7 nitrogen and oxygen atoms in total. The van der Waals surface area contributed by atoms with Gasteiger partial charge in [-0.2, -0.15) is 5.10 Å². The van der Waals surface area contributed by atoms with Gasteiger partial charge in [-0.1, -0.05) is 0 Å². The van der Waals surface area contributed by atoms with Crippen molar-refractivity contribution in [1.29, 1.82) is 0 Å². The molecule has 0 saturated heterocycles. The maximum absolute atomic E-state index is 12.3. The molecule has 0 radical (unpaired) electrons. The molecular weight excluding hydrogens is 316 g/mol. The minimum Gasteiger partial charge on any atom is -0.481 e. The topological polar surface area (TPSA) is 94.4 Å². The molecule has 2 aliphatic heterocycles. The first-order valence-electron chi connectivity index (χ1n) is 7.70. The van der Waals surface area contributed by atoms with Crippen LogP contribution in [0.3, 0.4) is 0 Å². The lowest BCUT2D eigenvalue weighted by Crippen LogP contribution is -2.48. The van der Waals surface area contributed by atoms with E-state index in [2.05, 4.69) is 15.4 Å². The highest BCUT2D eigenvalue weighted by Gasteiger charge is 2.36. The number of carbonyl (C=O) groups excluding carboxylic acids is 1. The molecule has 23 heavy (non-hydrogen) atoms. The summed E-state index contributed by atoms with van der Waals surface area (Å²) in [6.45, 7) is 0. The number of aryl methyl sites for hydroxylation is 1. The second-order valence-electron chi connectivity index (χ2n) is 5.87. The molecule has 120 valence electrons. The summed E-state index contributed by atoms with van der Waals surface area (Å²) in [7, 11) is 0. The minimum absolute atomic E-state index is 0.110. The zero-order chi connectivity index (χ0) is 16.0. The van der Waals surface area contributed by atoms with E-state index in [4.69, 9.17) is 5.11 Å². The molecular formula is C15H16N4O3S. The molecule has 0 unspecified atom stereocenters. The molecule has 1 atom stereocenters. The average Bonchev–Trinajstić information content (AvgIpc) is 2.91. The largest absolute Gasteiger partial charge is 0.481 e. The number of hydrazone groups is 1. The zero-order valence-electron chi connectivity index (χ0n) is 12.4. The van der Waals surface area contributed by atoms with E-state index in [1.165, 1.54) is 16.9 Å². The summed E-state index contributed by atoms with van der Waals surface area (Å²) in [5, 5.41) is 18.7. The maximum atomic E-state index is 12.3. The first-order valence-corrected chi connectivity index (χ1v) is 8.52. The zero-order valence-corrected chi connectivity index (χ0v) is 13.2. The number of nitrogens with zero attached hydrogens (tertiary/aromatic N) is 3. The number of fused-ring (bicyclic) bond motifs is 5. The molecule has 0 saturated carbocycles. The molecule has 0 bridgehead atoms. The number of carboxylic acids is 1. The highest BCUT2D eigenvalue weighted by Crippen LogP contribution is 2.45. The smallest absolute Gasteiger partial charge is 0.303 e. The molecule has 0 aromatic carbocycles. The highest BCUT2D eigenvalue weighted by atomic mass is 32.1. The SMILES string of the molecule is O=C(O)CCC1=NN2C=Nc3sc4c(c3[C@@H]2NC1=O)CCCC4. The fourth-order valence-electron chi connectivity index (χ4n) is 3.27. The molecule has 0 fully saturated rings. The summed E-state index contributed by atoms with van der Waals surface area (Å²) < 4.78 is 0. The van der Waals surface area contributed by atoms with Gasteiger partial charge >= 0.3 is 5.97 Å². The van der Waals surface area contributed by atoms with Crippen molar-refractivity contribution in [2.45, 2.75) is 44.7 Å². The van der Waals surface area contributed by atoms with Gasteiger partial charge in [-0.05, 0) is 31.2 Å². The van der Waals surface area contributed by atoms with Crippen molar-refractivity contribution < 1.29 is 14.7 Å². The number of aliphatic imine (C=N–C) groups is 1. The van der Waals surface area contributed by atoms with E-state index < -0.39 is 5.97 Å². The Morgan fingerprint density at radius 3 is 3.09 bits per heavy atom. The first-order chi connectivity index (χ1) is 11.1. The van der Waals surface area contributed by atoms with Crippen LogP contribution >= 0.6 is 11.3 Å². The van der Waals surface area contributed by atoms with E-state index >= 15 is 0 Å². The monoisotopic (exact) mass is 332 g/mol. The number of thiophene rings is 1. The Hall–Kier alpha value is -2.22. The van der Waals surface area contributed by atoms with Crippen LogP contribution in [0.2, 0.25) is 0 Å². The number of carboxylic acid groups (broad SMARTS) is 1. The summed E-state index contributed by atoms with van der Waals surface area (Å²) >= 11 is 1.71. The van der Waals surface area contributed by atoms with Crippen LogP contribution in [-0.2, 0) is 22.4 Å². The van der Waals surface area contributed by atoms with E-state index in [1.807, 2.05) is 0 Å². The Bertz CT molecular complexity index is 752. The Balaban J connectivity index is 1.67. The van der Waals surface area contributed by atoms with Crippen LogP contribution in [0.4, 0.5) is 5.00 Å². The molecule has 0 spiro atoms. The Morgan fingerprint density at radius 2 is 2.26 bits per heavy atom. The van der Waals surface area contributed by atoms with Gasteiger partial charge in [0.1, 0.15) is 17.1 Å². The normalized spacial score (nSPS) is 21.9. The van der Waals surface area contributed by atoms with Crippen molar-refractivity contribution >= 4 is 40.3 Å². The molecule has 1 amide bonds. The van der Waals surface area contributed by atoms with Gasteiger partial charge in [-0.25, -0.2) is 10.0 Å². The molecule has 4 rings (SSSR count). The number of rotatable bonds is 3. The van der Waals surface area contributed by atoms with Crippen molar-refractivity contribution in [1.82, 2.24) is 10.3 Å². The van der Waals surface area contributed by atoms with Crippen LogP contribution in [0.25, 0.3) is 0 Å². The fraction of sp³-hybridized carbons (Fsp3) is 0.467. The molecule has 2 N–H and O–H groups in total. The number of carbonyl (C=O) groups is 2. The van der Waals surface area contributed by atoms with Gasteiger partial charge in [0.25, 0.3) is 5.91 Å². The molecule has 3 aliphatic rings. The highest BCUT2D eigenvalue weighted by molar-refractivity contribution is 7.16. The number of aliphatic carboxylic acids is 1. The lowest BCUT2D eigenvalue weighted by Gasteiger charge is -2.34. The minimum atomic E-state index is -0.941. The number of nitrogens with one attached hydrogen (secondary N) is 1. The quantitative estimate of drug-likeness (QED) is 0.884. The van der Waals surface area contributed by atoms with Crippen molar-refractivity contribution in [3.05, 3.63) is 16.0 Å². The van der Waals surface area contributed by atoms with Crippen LogP contribution in [0.5, 0.6) is 0 Å². The van der Waals surface area contributed by atoms with Crippen molar-refractivity contribution in [3.63, 3.8) is 0 Å². The average molecular weight is 332 g/mol. The summed E-state index contributed by atoms with van der Waals surface area (Å²) in [6, 6.07) is 0. The second-order valence-corrected chi connectivity index (χ2v) is 6.95. The summed E-state index contributed by atoms with van der Waals surface area (Å²) in [5.74, 6) is -1.23. The van der Waals surface area contributed by atoms with Crippen molar-refractivity contribution in [3.8, 4) is 0 Å². The van der Waals surface area contributed by atoms with Crippen LogP contribution in [0.15, 0.2) is 10.1 Å². The van der Waals surface area contributed by atoms with Crippen molar-refractivity contribution in [2.24, 2.45) is 10.1 Å². The second kappa shape index (κ2) is 5.45. The third-order valence-electron chi connectivity index (χ3n) is 4.37. The fourth-order valence-corrected chi connectivity index (χ4v) is 4.53. The first kappa shape index (κ1) is 14.4. The molecule has 3 heterocycles.